The highest BCUT2D eigenvalue weighted by Gasteiger charge is 2.20. The second-order valence-corrected chi connectivity index (χ2v) is 5.73. The maximum atomic E-state index is 11.7. The third-order valence-corrected chi connectivity index (χ3v) is 3.56. The highest BCUT2D eigenvalue weighted by molar-refractivity contribution is 7.80. The number of hydrogen-bond donors (Lipinski definition) is 3. The largest absolute Gasteiger partial charge is 0.507 e. The molecule has 120 valence electrons. The molecule has 1 amide bonds. The molecule has 2 aromatic rings. The van der Waals surface area contributed by atoms with E-state index in [-0.39, 0.29) is 22.5 Å². The van der Waals surface area contributed by atoms with Crippen molar-refractivity contribution in [1.82, 2.24) is 10.6 Å². The first-order valence-electron chi connectivity index (χ1n) is 6.85. The summed E-state index contributed by atoms with van der Waals surface area (Å²) < 4.78 is 0. The van der Waals surface area contributed by atoms with Crippen molar-refractivity contribution < 1.29 is 9.90 Å². The van der Waals surface area contributed by atoms with Gasteiger partial charge in [-0.3, -0.25) is 10.1 Å². The number of benzene rings is 2. The molecule has 24 heavy (non-hydrogen) atoms. The van der Waals surface area contributed by atoms with Crippen LogP contribution in [-0.4, -0.2) is 16.1 Å². The molecule has 1 saturated heterocycles. The first-order chi connectivity index (χ1) is 11.5. The molecule has 3 N–H and O–H groups in total. The highest BCUT2D eigenvalue weighted by Crippen LogP contribution is 2.27. The van der Waals surface area contributed by atoms with Crippen LogP contribution < -0.4 is 10.6 Å². The Morgan fingerprint density at radius 2 is 1.83 bits per heavy atom. The predicted octanol–water partition coefficient (Wildman–Crippen LogP) is 3.81. The van der Waals surface area contributed by atoms with Crippen LogP contribution in [0.4, 0.5) is 11.4 Å². The molecule has 3 rings (SSSR count). The van der Waals surface area contributed by atoms with E-state index in [1.54, 1.807) is 36.4 Å². The monoisotopic (exact) mass is 358 g/mol. The summed E-state index contributed by atoms with van der Waals surface area (Å²) in [6.45, 7) is 0. The van der Waals surface area contributed by atoms with Gasteiger partial charge in [0.05, 0.1) is 11.4 Å². The summed E-state index contributed by atoms with van der Waals surface area (Å²) in [6, 6.07) is 11.7. The van der Waals surface area contributed by atoms with Crippen molar-refractivity contribution in [1.29, 1.82) is 0 Å². The van der Waals surface area contributed by atoms with Gasteiger partial charge in [0.1, 0.15) is 11.4 Å². The van der Waals surface area contributed by atoms with E-state index in [9.17, 15) is 9.90 Å². The Morgan fingerprint density at radius 1 is 1.08 bits per heavy atom. The van der Waals surface area contributed by atoms with E-state index >= 15 is 0 Å². The zero-order chi connectivity index (χ0) is 17.1. The third-order valence-electron chi connectivity index (χ3n) is 3.12. The molecular formula is C16H11ClN4O2S. The summed E-state index contributed by atoms with van der Waals surface area (Å²) in [7, 11) is 0. The average molecular weight is 359 g/mol. The fraction of sp³-hybridized carbons (Fsp3) is 0. The zero-order valence-electron chi connectivity index (χ0n) is 12.2. The summed E-state index contributed by atoms with van der Waals surface area (Å²) in [5.41, 5.74) is 1.79. The number of hydrogen-bond acceptors (Lipinski definition) is 5. The fourth-order valence-electron chi connectivity index (χ4n) is 2.01. The van der Waals surface area contributed by atoms with Crippen LogP contribution in [0.5, 0.6) is 5.75 Å². The van der Waals surface area contributed by atoms with Gasteiger partial charge >= 0.3 is 0 Å². The molecule has 1 aliphatic heterocycles. The van der Waals surface area contributed by atoms with Gasteiger partial charge in [0.25, 0.3) is 5.91 Å². The van der Waals surface area contributed by atoms with Gasteiger partial charge in [-0.1, -0.05) is 17.7 Å². The Hall–Kier alpha value is -2.77. The van der Waals surface area contributed by atoms with E-state index in [1.165, 1.54) is 12.1 Å². The van der Waals surface area contributed by atoms with Crippen LogP contribution in [0, 0.1) is 0 Å². The third kappa shape index (κ3) is 3.76. The Labute approximate surface area is 147 Å². The number of carbonyl (C=O) groups is 1. The lowest BCUT2D eigenvalue weighted by Gasteiger charge is -2.02. The second kappa shape index (κ2) is 6.77. The van der Waals surface area contributed by atoms with E-state index in [1.807, 2.05) is 0 Å². The predicted molar refractivity (Wildman–Crippen MR) is 95.6 cm³/mol. The minimum atomic E-state index is -0.356. The van der Waals surface area contributed by atoms with Gasteiger partial charge < -0.3 is 10.4 Å². The van der Waals surface area contributed by atoms with Crippen LogP contribution in [0.25, 0.3) is 6.08 Å². The second-order valence-electron chi connectivity index (χ2n) is 4.89. The smallest absolute Gasteiger partial charge is 0.273 e. The Bertz CT molecular complexity index is 895. The van der Waals surface area contributed by atoms with Crippen molar-refractivity contribution in [2.75, 3.05) is 0 Å². The lowest BCUT2D eigenvalue weighted by atomic mass is 10.1. The first-order valence-corrected chi connectivity index (χ1v) is 7.64. The quantitative estimate of drug-likeness (QED) is 0.442. The van der Waals surface area contributed by atoms with E-state index in [0.717, 1.165) is 0 Å². The van der Waals surface area contributed by atoms with Crippen molar-refractivity contribution in [3.05, 3.63) is 58.7 Å². The molecule has 0 atom stereocenters. The van der Waals surface area contributed by atoms with E-state index in [0.29, 0.717) is 22.0 Å². The molecule has 0 radical (unpaired) electrons. The number of phenols is 1. The average Bonchev–Trinajstić information content (AvgIpc) is 2.86. The Kier molecular flexibility index (Phi) is 4.54. The van der Waals surface area contributed by atoms with Crippen molar-refractivity contribution in [3.8, 4) is 5.75 Å². The number of phenolic OH excluding ortho intramolecular Hbond substituents is 1. The molecule has 8 heteroatoms. The minimum Gasteiger partial charge on any atom is -0.507 e. The Morgan fingerprint density at radius 3 is 2.50 bits per heavy atom. The lowest BCUT2D eigenvalue weighted by Crippen LogP contribution is -2.21. The molecule has 6 nitrogen and oxygen atoms in total. The number of azo groups is 1. The highest BCUT2D eigenvalue weighted by atomic mass is 35.5. The first kappa shape index (κ1) is 16.1. The molecule has 1 fully saturated rings. The van der Waals surface area contributed by atoms with Crippen LogP contribution in [-0.2, 0) is 4.79 Å². The van der Waals surface area contributed by atoms with E-state index < -0.39 is 0 Å². The summed E-state index contributed by atoms with van der Waals surface area (Å²) in [5, 5.41) is 24.1. The van der Waals surface area contributed by atoms with Gasteiger partial charge in [0.15, 0.2) is 5.11 Å². The van der Waals surface area contributed by atoms with Gasteiger partial charge in [0, 0.05) is 10.6 Å². The van der Waals surface area contributed by atoms with Crippen LogP contribution in [0.3, 0.4) is 0 Å². The zero-order valence-corrected chi connectivity index (χ0v) is 13.7. The maximum absolute atomic E-state index is 11.7. The molecule has 0 aliphatic carbocycles. The molecule has 0 spiro atoms. The summed E-state index contributed by atoms with van der Waals surface area (Å²) in [5.74, 6) is -0.345. The van der Waals surface area contributed by atoms with Crippen molar-refractivity contribution >= 4 is 52.3 Å². The SMILES string of the molecule is O=C1NC(=S)N/C1=C\c1cc(N=Nc2cccc(Cl)c2)ccc1O. The van der Waals surface area contributed by atoms with Crippen molar-refractivity contribution in [2.45, 2.75) is 0 Å². The van der Waals surface area contributed by atoms with Crippen LogP contribution in [0.1, 0.15) is 5.56 Å². The number of nitrogens with zero attached hydrogens (tertiary/aromatic N) is 2. The number of nitrogens with one attached hydrogen (secondary N) is 2. The van der Waals surface area contributed by atoms with E-state index in [4.69, 9.17) is 23.8 Å². The number of carbonyl (C=O) groups excluding carboxylic acids is 1. The Balaban J connectivity index is 1.88. The number of halogens is 1. The molecule has 0 saturated carbocycles. The van der Waals surface area contributed by atoms with Crippen molar-refractivity contribution in [2.24, 2.45) is 10.2 Å². The molecule has 2 aromatic carbocycles. The van der Waals surface area contributed by atoms with Gasteiger partial charge in [-0.15, -0.1) is 0 Å². The standard InChI is InChI=1S/C16H11ClN4O2S/c17-10-2-1-3-11(8-10)20-21-12-4-5-14(22)9(6-12)7-13-15(23)19-16(24)18-13/h1-8,22H,(H2,18,19,23,24)/b13-7-,21-20?. The van der Waals surface area contributed by atoms with Gasteiger partial charge in [0.2, 0.25) is 0 Å². The van der Waals surface area contributed by atoms with Crippen molar-refractivity contribution in [3.63, 3.8) is 0 Å². The number of amides is 1. The molecule has 0 bridgehead atoms. The van der Waals surface area contributed by atoms with Crippen LogP contribution in [0.2, 0.25) is 5.02 Å². The molecule has 0 aromatic heterocycles. The fourth-order valence-corrected chi connectivity index (χ4v) is 2.40. The maximum Gasteiger partial charge on any atom is 0.273 e. The summed E-state index contributed by atoms with van der Waals surface area (Å²) >= 11 is 10.8. The van der Waals surface area contributed by atoms with Gasteiger partial charge in [-0.2, -0.15) is 10.2 Å². The van der Waals surface area contributed by atoms with Crippen LogP contribution >= 0.6 is 23.8 Å². The normalized spacial score (nSPS) is 15.8. The van der Waals surface area contributed by atoms with E-state index in [2.05, 4.69) is 20.9 Å². The molecule has 1 aliphatic rings. The van der Waals surface area contributed by atoms with Gasteiger partial charge in [-0.25, -0.2) is 0 Å². The minimum absolute atomic E-state index is 0.0108. The molecule has 0 unspecified atom stereocenters. The van der Waals surface area contributed by atoms with Gasteiger partial charge in [-0.05, 0) is 54.7 Å². The molecule has 1 heterocycles. The summed E-state index contributed by atoms with van der Waals surface area (Å²) in [6.07, 6.45) is 1.49. The summed E-state index contributed by atoms with van der Waals surface area (Å²) in [4.78, 5) is 11.7. The molecular weight excluding hydrogens is 348 g/mol. The topological polar surface area (TPSA) is 86.1 Å². The number of rotatable bonds is 3. The number of thiocarbonyl (C=S) groups is 1. The van der Waals surface area contributed by atoms with Crippen LogP contribution in [0.15, 0.2) is 58.4 Å². The number of aromatic hydroxyl groups is 1. The lowest BCUT2D eigenvalue weighted by molar-refractivity contribution is -0.115.